The second-order valence-electron chi connectivity index (χ2n) is 9.35. The first-order valence-corrected chi connectivity index (χ1v) is 15.9. The van der Waals surface area contributed by atoms with E-state index >= 15 is 0 Å². The van der Waals surface area contributed by atoms with Crippen LogP contribution in [0.3, 0.4) is 0 Å². The average Bonchev–Trinajstić information content (AvgIpc) is 2.88. The van der Waals surface area contributed by atoms with E-state index in [0.717, 1.165) is 71.9 Å². The zero-order valence-electron chi connectivity index (χ0n) is 22.7. The topological polar surface area (TPSA) is 109 Å². The number of nitrogens with one attached hydrogen (secondary N) is 2. The summed E-state index contributed by atoms with van der Waals surface area (Å²) in [5, 5.41) is 6.32. The molecule has 0 atom stereocenters. The predicted molar refractivity (Wildman–Crippen MR) is 145 cm³/mol. The Bertz CT molecular complexity index is 411. The number of morpholine rings is 2. The van der Waals surface area contributed by atoms with Crippen molar-refractivity contribution in [1.82, 2.24) is 10.6 Å². The molecule has 0 saturated carbocycles. The average molecular weight is 525 g/mol. The molecule has 0 spiro atoms. The lowest BCUT2D eigenvalue weighted by Crippen LogP contribution is -2.30. The fourth-order valence-corrected chi connectivity index (χ4v) is 4.23. The molecule has 0 radical (unpaired) electrons. The Morgan fingerprint density at radius 2 is 0.914 bits per heavy atom. The zero-order chi connectivity index (χ0) is 25.7. The third kappa shape index (κ3) is 34.0. The molecule has 35 heavy (non-hydrogen) atoms. The van der Waals surface area contributed by atoms with Crippen molar-refractivity contribution in [2.45, 2.75) is 110 Å². The van der Waals surface area contributed by atoms with Crippen LogP contribution >= 0.6 is 7.82 Å². The Morgan fingerprint density at radius 3 is 1.14 bits per heavy atom. The van der Waals surface area contributed by atoms with Crippen molar-refractivity contribution in [3.8, 4) is 0 Å². The van der Waals surface area contributed by atoms with Crippen LogP contribution in [0.1, 0.15) is 110 Å². The summed E-state index contributed by atoms with van der Waals surface area (Å²) in [6.07, 6.45) is 20.7. The summed E-state index contributed by atoms with van der Waals surface area (Å²) in [5.74, 6) is 0. The van der Waals surface area contributed by atoms with Crippen LogP contribution < -0.4 is 10.6 Å². The number of hydrogen-bond acceptors (Lipinski definition) is 6. The first kappa shape index (κ1) is 35.0. The molecular weight excluding hydrogens is 467 g/mol. The van der Waals surface area contributed by atoms with Gasteiger partial charge in [0, 0.05) is 26.2 Å². The zero-order valence-corrected chi connectivity index (χ0v) is 23.5. The minimum Gasteiger partial charge on any atom is -0.379 e. The minimum atomic E-state index is -4.26. The van der Waals surface area contributed by atoms with Crippen molar-refractivity contribution in [1.29, 1.82) is 0 Å². The Hall–Kier alpha value is -0.0500. The molecule has 4 N–H and O–H groups in total. The highest BCUT2D eigenvalue weighted by molar-refractivity contribution is 7.46. The second-order valence-corrected chi connectivity index (χ2v) is 10.6. The van der Waals surface area contributed by atoms with Crippen molar-refractivity contribution in [2.24, 2.45) is 0 Å². The first-order chi connectivity index (χ1) is 17.1. The molecule has 2 aliphatic rings. The molecule has 9 heteroatoms. The molecule has 0 bridgehead atoms. The number of rotatable bonds is 18. The van der Waals surface area contributed by atoms with Crippen LogP contribution in [-0.4, -0.2) is 69.0 Å². The van der Waals surface area contributed by atoms with Gasteiger partial charge in [-0.05, 0) is 6.42 Å². The van der Waals surface area contributed by atoms with Crippen molar-refractivity contribution in [2.75, 3.05) is 59.2 Å². The van der Waals surface area contributed by atoms with Gasteiger partial charge in [0.2, 0.25) is 0 Å². The predicted octanol–water partition coefficient (Wildman–Crippen LogP) is 5.57. The summed E-state index contributed by atoms with van der Waals surface area (Å²) in [4.78, 5) is 17.1. The van der Waals surface area contributed by atoms with Gasteiger partial charge in [-0.3, -0.25) is 4.52 Å². The van der Waals surface area contributed by atoms with Gasteiger partial charge in [0.25, 0.3) is 0 Å². The van der Waals surface area contributed by atoms with Crippen LogP contribution in [0.2, 0.25) is 0 Å². The molecule has 2 rings (SSSR count). The molecule has 2 saturated heterocycles. The Labute approximate surface area is 215 Å². The molecule has 0 aromatic heterocycles. The molecule has 0 unspecified atom stereocenters. The Kier molecular flexibility index (Phi) is 28.5. The van der Waals surface area contributed by atoms with E-state index in [9.17, 15) is 4.57 Å². The minimum absolute atomic E-state index is 0.169. The molecule has 212 valence electrons. The number of ether oxygens (including phenoxy) is 2. The maximum atomic E-state index is 10.5. The summed E-state index contributed by atoms with van der Waals surface area (Å²) in [6, 6.07) is 0. The van der Waals surface area contributed by atoms with Crippen molar-refractivity contribution in [3.63, 3.8) is 0 Å². The van der Waals surface area contributed by atoms with Crippen LogP contribution in [0, 0.1) is 0 Å². The van der Waals surface area contributed by atoms with Gasteiger partial charge in [0.1, 0.15) is 0 Å². The van der Waals surface area contributed by atoms with Gasteiger partial charge < -0.3 is 29.9 Å². The highest BCUT2D eigenvalue weighted by Gasteiger charge is 2.12. The molecule has 8 nitrogen and oxygen atoms in total. The maximum absolute atomic E-state index is 10.5. The molecule has 0 aliphatic carbocycles. The van der Waals surface area contributed by atoms with Crippen LogP contribution in [0.4, 0.5) is 0 Å². The fraction of sp³-hybridized carbons (Fsp3) is 1.00. The van der Waals surface area contributed by atoms with Crippen LogP contribution in [-0.2, 0) is 18.6 Å². The van der Waals surface area contributed by atoms with Gasteiger partial charge in [0.15, 0.2) is 0 Å². The monoisotopic (exact) mass is 524 g/mol. The quantitative estimate of drug-likeness (QED) is 0.136. The standard InChI is InChI=1S/C18H39O4P.2C4H9NO/c1-2-3-4-5-6-7-8-9-10-11-12-13-14-15-16-17-18-22-23(19,20)21;2*1-3-6-4-2-5-1/h2-18H2,1H3,(H2,19,20,21);2*5H,1-4H2. The summed E-state index contributed by atoms with van der Waals surface area (Å²) in [6.45, 7) is 10.1. The highest BCUT2D eigenvalue weighted by Crippen LogP contribution is 2.35. The number of phosphoric acid groups is 1. The molecule has 0 aromatic carbocycles. The van der Waals surface area contributed by atoms with Gasteiger partial charge >= 0.3 is 7.82 Å². The molecule has 2 heterocycles. The second kappa shape index (κ2) is 28.5. The molecule has 2 fully saturated rings. The lowest BCUT2D eigenvalue weighted by Gasteiger charge is -2.10. The largest absolute Gasteiger partial charge is 0.469 e. The number of unbranched alkanes of at least 4 members (excludes halogenated alkanes) is 15. The third-order valence-corrected chi connectivity index (χ3v) is 6.47. The van der Waals surface area contributed by atoms with Crippen molar-refractivity contribution < 1.29 is 28.3 Å². The number of hydrogen-bond donors (Lipinski definition) is 4. The third-order valence-electron chi connectivity index (χ3n) is 5.95. The van der Waals surface area contributed by atoms with Crippen molar-refractivity contribution in [3.05, 3.63) is 0 Å². The van der Waals surface area contributed by atoms with E-state index in [-0.39, 0.29) is 6.61 Å². The summed E-state index contributed by atoms with van der Waals surface area (Å²) >= 11 is 0. The van der Waals surface area contributed by atoms with E-state index in [2.05, 4.69) is 22.1 Å². The maximum Gasteiger partial charge on any atom is 0.469 e. The van der Waals surface area contributed by atoms with Gasteiger partial charge in [-0.25, -0.2) is 4.57 Å². The van der Waals surface area contributed by atoms with Gasteiger partial charge in [-0.2, -0.15) is 0 Å². The van der Waals surface area contributed by atoms with E-state index in [0.29, 0.717) is 0 Å². The van der Waals surface area contributed by atoms with E-state index in [1.807, 2.05) is 0 Å². The van der Waals surface area contributed by atoms with Gasteiger partial charge in [0.05, 0.1) is 33.0 Å². The summed E-state index contributed by atoms with van der Waals surface area (Å²) in [5.41, 5.74) is 0. The lowest BCUT2D eigenvalue weighted by atomic mass is 10.0. The van der Waals surface area contributed by atoms with E-state index in [1.54, 1.807) is 0 Å². The van der Waals surface area contributed by atoms with Crippen molar-refractivity contribution >= 4 is 7.82 Å². The Morgan fingerprint density at radius 1 is 0.600 bits per heavy atom. The van der Waals surface area contributed by atoms with E-state index in [1.165, 1.54) is 83.5 Å². The summed E-state index contributed by atoms with van der Waals surface area (Å²) < 4.78 is 24.9. The normalized spacial score (nSPS) is 16.1. The van der Waals surface area contributed by atoms with Gasteiger partial charge in [-0.15, -0.1) is 0 Å². The van der Waals surface area contributed by atoms with Gasteiger partial charge in [-0.1, -0.05) is 103 Å². The Balaban J connectivity index is 0.000000764. The van der Waals surface area contributed by atoms with Crippen LogP contribution in [0.5, 0.6) is 0 Å². The number of phosphoric ester groups is 1. The highest BCUT2D eigenvalue weighted by atomic mass is 31.2. The molecule has 0 aromatic rings. The lowest BCUT2D eigenvalue weighted by molar-refractivity contribution is 0.109. The smallest absolute Gasteiger partial charge is 0.379 e. The fourth-order valence-electron chi connectivity index (χ4n) is 3.87. The van der Waals surface area contributed by atoms with Crippen LogP contribution in [0.25, 0.3) is 0 Å². The van der Waals surface area contributed by atoms with E-state index in [4.69, 9.17) is 19.3 Å². The van der Waals surface area contributed by atoms with Crippen LogP contribution in [0.15, 0.2) is 0 Å². The summed E-state index contributed by atoms with van der Waals surface area (Å²) in [7, 11) is -4.26. The molecular formula is C26H57N2O6P. The first-order valence-electron chi connectivity index (χ1n) is 14.3. The SMILES string of the molecule is C1COCCN1.C1COCCN1.CCCCCCCCCCCCCCCCCCOP(=O)(O)O. The van der Waals surface area contributed by atoms with E-state index < -0.39 is 7.82 Å². The molecule has 2 aliphatic heterocycles. The molecule has 0 amide bonds.